The summed E-state index contributed by atoms with van der Waals surface area (Å²) in [5, 5.41) is 17.7. The second-order valence-electron chi connectivity index (χ2n) is 5.48. The standard InChI is InChI=1S/C12H20N2O3/c1-11(2,3)9(15)14(8-6-7-13)12(4,5)10(16)17/h6,8H2,1-5H3,(H,16,17). The van der Waals surface area contributed by atoms with E-state index in [1.165, 1.54) is 18.7 Å². The van der Waals surface area contributed by atoms with Gasteiger partial charge >= 0.3 is 5.97 Å². The molecule has 0 atom stereocenters. The van der Waals surface area contributed by atoms with E-state index in [2.05, 4.69) is 0 Å². The Hall–Kier alpha value is -1.57. The van der Waals surface area contributed by atoms with E-state index < -0.39 is 16.9 Å². The minimum Gasteiger partial charge on any atom is -0.480 e. The molecule has 0 aliphatic carbocycles. The third kappa shape index (κ3) is 3.74. The van der Waals surface area contributed by atoms with Crippen molar-refractivity contribution in [1.82, 2.24) is 4.90 Å². The van der Waals surface area contributed by atoms with Crippen LogP contribution in [0.5, 0.6) is 0 Å². The molecule has 0 radical (unpaired) electrons. The van der Waals surface area contributed by atoms with Gasteiger partial charge in [-0.2, -0.15) is 5.26 Å². The Bertz CT molecular complexity index is 348. The average Bonchev–Trinajstić information content (AvgIpc) is 2.16. The van der Waals surface area contributed by atoms with Crippen molar-refractivity contribution in [3.63, 3.8) is 0 Å². The number of carboxylic acid groups (broad SMARTS) is 1. The highest BCUT2D eigenvalue weighted by molar-refractivity contribution is 5.88. The summed E-state index contributed by atoms with van der Waals surface area (Å²) in [6.45, 7) is 8.25. The molecule has 1 N–H and O–H groups in total. The van der Waals surface area contributed by atoms with Gasteiger partial charge in [0, 0.05) is 12.0 Å². The van der Waals surface area contributed by atoms with Gasteiger partial charge in [0.05, 0.1) is 12.5 Å². The summed E-state index contributed by atoms with van der Waals surface area (Å²) in [7, 11) is 0. The summed E-state index contributed by atoms with van der Waals surface area (Å²) in [5.74, 6) is -1.34. The Morgan fingerprint density at radius 1 is 1.24 bits per heavy atom. The minimum atomic E-state index is -1.30. The molecule has 0 unspecified atom stereocenters. The normalized spacial score (nSPS) is 11.8. The van der Waals surface area contributed by atoms with Gasteiger partial charge in [-0.15, -0.1) is 0 Å². The average molecular weight is 240 g/mol. The molecule has 0 aromatic rings. The van der Waals surface area contributed by atoms with Crippen LogP contribution >= 0.6 is 0 Å². The van der Waals surface area contributed by atoms with Crippen LogP contribution in [-0.4, -0.2) is 34.0 Å². The molecule has 5 nitrogen and oxygen atoms in total. The molecule has 0 heterocycles. The van der Waals surface area contributed by atoms with E-state index in [0.29, 0.717) is 0 Å². The van der Waals surface area contributed by atoms with E-state index >= 15 is 0 Å². The summed E-state index contributed by atoms with van der Waals surface area (Å²) in [5.41, 5.74) is -1.97. The van der Waals surface area contributed by atoms with Crippen molar-refractivity contribution >= 4 is 11.9 Å². The van der Waals surface area contributed by atoms with E-state index in [1.807, 2.05) is 6.07 Å². The molecule has 0 bridgehead atoms. The fourth-order valence-electron chi connectivity index (χ4n) is 1.32. The van der Waals surface area contributed by atoms with Crippen LogP contribution < -0.4 is 0 Å². The maximum absolute atomic E-state index is 12.2. The zero-order chi connectivity index (χ0) is 13.9. The lowest BCUT2D eigenvalue weighted by Crippen LogP contribution is -2.56. The molecule has 0 aromatic heterocycles. The van der Waals surface area contributed by atoms with Gasteiger partial charge in [0.15, 0.2) is 0 Å². The van der Waals surface area contributed by atoms with E-state index in [9.17, 15) is 9.59 Å². The molecule has 0 rings (SSSR count). The lowest BCUT2D eigenvalue weighted by atomic mass is 9.91. The number of carboxylic acids is 1. The summed E-state index contributed by atoms with van der Waals surface area (Å²) in [4.78, 5) is 24.6. The number of aliphatic carboxylic acids is 1. The van der Waals surface area contributed by atoms with Crippen LogP contribution in [0, 0.1) is 16.7 Å². The number of amides is 1. The molecule has 0 saturated heterocycles. The summed E-state index contributed by atoms with van der Waals surface area (Å²) >= 11 is 0. The zero-order valence-corrected chi connectivity index (χ0v) is 11.1. The van der Waals surface area contributed by atoms with Crippen molar-refractivity contribution < 1.29 is 14.7 Å². The molecule has 1 amide bonds. The monoisotopic (exact) mass is 240 g/mol. The van der Waals surface area contributed by atoms with Crippen LogP contribution in [0.3, 0.4) is 0 Å². The van der Waals surface area contributed by atoms with Crippen molar-refractivity contribution in [3.05, 3.63) is 0 Å². The molecular formula is C12H20N2O3. The predicted octanol–water partition coefficient (Wildman–Crippen LogP) is 1.64. The second-order valence-corrected chi connectivity index (χ2v) is 5.48. The van der Waals surface area contributed by atoms with Crippen LogP contribution in [0.25, 0.3) is 0 Å². The van der Waals surface area contributed by atoms with Gasteiger partial charge < -0.3 is 10.0 Å². The Morgan fingerprint density at radius 3 is 2.00 bits per heavy atom. The summed E-state index contributed by atoms with van der Waals surface area (Å²) < 4.78 is 0. The second kappa shape index (κ2) is 5.17. The van der Waals surface area contributed by atoms with E-state index in [4.69, 9.17) is 10.4 Å². The van der Waals surface area contributed by atoms with Crippen molar-refractivity contribution in [2.45, 2.75) is 46.6 Å². The smallest absolute Gasteiger partial charge is 0.329 e. The van der Waals surface area contributed by atoms with Gasteiger partial charge in [0.2, 0.25) is 5.91 Å². The van der Waals surface area contributed by atoms with Crippen LogP contribution in [0.1, 0.15) is 41.0 Å². The van der Waals surface area contributed by atoms with Gasteiger partial charge in [0.25, 0.3) is 0 Å². The first-order valence-corrected chi connectivity index (χ1v) is 5.47. The van der Waals surface area contributed by atoms with Crippen molar-refractivity contribution in [1.29, 1.82) is 5.26 Å². The lowest BCUT2D eigenvalue weighted by Gasteiger charge is -2.38. The fourth-order valence-corrected chi connectivity index (χ4v) is 1.32. The van der Waals surface area contributed by atoms with Crippen LogP contribution in [0.15, 0.2) is 0 Å². The first-order chi connectivity index (χ1) is 7.55. The fraction of sp³-hybridized carbons (Fsp3) is 0.750. The van der Waals surface area contributed by atoms with Crippen LogP contribution in [-0.2, 0) is 9.59 Å². The third-order valence-corrected chi connectivity index (χ3v) is 2.53. The highest BCUT2D eigenvalue weighted by atomic mass is 16.4. The Morgan fingerprint density at radius 2 is 1.71 bits per heavy atom. The maximum atomic E-state index is 12.2. The van der Waals surface area contributed by atoms with Gasteiger partial charge in [-0.1, -0.05) is 20.8 Å². The van der Waals surface area contributed by atoms with Crippen molar-refractivity contribution in [3.8, 4) is 6.07 Å². The van der Waals surface area contributed by atoms with Gasteiger partial charge in [0.1, 0.15) is 5.54 Å². The van der Waals surface area contributed by atoms with E-state index in [0.717, 1.165) is 0 Å². The third-order valence-electron chi connectivity index (χ3n) is 2.53. The first kappa shape index (κ1) is 15.4. The Kier molecular flexibility index (Phi) is 4.70. The predicted molar refractivity (Wildman–Crippen MR) is 63.1 cm³/mol. The molecule has 0 spiro atoms. The first-order valence-electron chi connectivity index (χ1n) is 5.47. The zero-order valence-electron chi connectivity index (χ0n) is 11.1. The molecule has 0 saturated carbocycles. The van der Waals surface area contributed by atoms with Crippen molar-refractivity contribution in [2.24, 2.45) is 5.41 Å². The number of hydrogen-bond donors (Lipinski definition) is 1. The number of carbonyl (C=O) groups is 2. The van der Waals surface area contributed by atoms with E-state index in [1.54, 1.807) is 20.8 Å². The Balaban J connectivity index is 5.23. The summed E-state index contributed by atoms with van der Waals surface area (Å²) in [6, 6.07) is 1.93. The lowest BCUT2D eigenvalue weighted by molar-refractivity contribution is -0.160. The largest absolute Gasteiger partial charge is 0.480 e. The number of rotatable bonds is 4. The number of carbonyl (C=O) groups excluding carboxylic acids is 1. The molecule has 0 fully saturated rings. The van der Waals surface area contributed by atoms with Crippen LogP contribution in [0.2, 0.25) is 0 Å². The highest BCUT2D eigenvalue weighted by Crippen LogP contribution is 2.24. The Labute approximate surface area is 102 Å². The number of nitriles is 1. The molecule has 0 aliphatic rings. The quantitative estimate of drug-likeness (QED) is 0.809. The van der Waals surface area contributed by atoms with Crippen molar-refractivity contribution in [2.75, 3.05) is 6.54 Å². The molecule has 0 aliphatic heterocycles. The number of hydrogen-bond acceptors (Lipinski definition) is 3. The molecule has 5 heteroatoms. The number of nitrogens with zero attached hydrogens (tertiary/aromatic N) is 2. The maximum Gasteiger partial charge on any atom is 0.329 e. The molecule has 0 aromatic carbocycles. The van der Waals surface area contributed by atoms with Gasteiger partial charge in [-0.05, 0) is 13.8 Å². The van der Waals surface area contributed by atoms with Crippen LogP contribution in [0.4, 0.5) is 0 Å². The molecular weight excluding hydrogens is 220 g/mol. The summed E-state index contributed by atoms with van der Waals surface area (Å²) in [6.07, 6.45) is 0.124. The molecule has 96 valence electrons. The van der Waals surface area contributed by atoms with Gasteiger partial charge in [-0.25, -0.2) is 4.79 Å². The van der Waals surface area contributed by atoms with Gasteiger partial charge in [-0.3, -0.25) is 4.79 Å². The SMILES string of the molecule is CC(C)(C)C(=O)N(CCC#N)C(C)(C)C(=O)O. The highest BCUT2D eigenvalue weighted by Gasteiger charge is 2.41. The topological polar surface area (TPSA) is 81.4 Å². The van der Waals surface area contributed by atoms with E-state index in [-0.39, 0.29) is 18.9 Å². The molecule has 17 heavy (non-hydrogen) atoms. The minimum absolute atomic E-state index is 0.124.